The van der Waals surface area contributed by atoms with Gasteiger partial charge in [-0.05, 0) is 43.7 Å². The molecule has 1 unspecified atom stereocenters. The normalized spacial score (nSPS) is 24.3. The molecule has 5 nitrogen and oxygen atoms in total. The number of halogens is 1. The van der Waals surface area contributed by atoms with Gasteiger partial charge >= 0.3 is 0 Å². The summed E-state index contributed by atoms with van der Waals surface area (Å²) in [5.74, 6) is 0.860. The minimum absolute atomic E-state index is 0.0200. The summed E-state index contributed by atoms with van der Waals surface area (Å²) in [4.78, 5) is 11.2. The molecule has 0 amide bonds. The molecule has 3 rings (SSSR count). The summed E-state index contributed by atoms with van der Waals surface area (Å²) in [5.41, 5.74) is 2.17. The molecule has 25 heavy (non-hydrogen) atoms. The Morgan fingerprint density at radius 1 is 1.16 bits per heavy atom. The average Bonchev–Trinajstić information content (AvgIpc) is 2.46. The lowest BCUT2D eigenvalue weighted by molar-refractivity contribution is 0.415. The lowest BCUT2D eigenvalue weighted by atomic mass is 9.76. The Morgan fingerprint density at radius 3 is 2.64 bits per heavy atom. The maximum absolute atomic E-state index is 12.2. The zero-order chi connectivity index (χ0) is 18.2. The Labute approximate surface area is 156 Å². The van der Waals surface area contributed by atoms with Crippen LogP contribution in [0.2, 0.25) is 5.28 Å². The third kappa shape index (κ3) is 4.11. The molecule has 1 aromatic heterocycles. The van der Waals surface area contributed by atoms with Crippen LogP contribution in [0.1, 0.15) is 63.6 Å². The van der Waals surface area contributed by atoms with Crippen molar-refractivity contribution in [3.05, 3.63) is 16.5 Å². The maximum Gasteiger partial charge on any atom is 0.224 e. The lowest BCUT2D eigenvalue weighted by Gasteiger charge is -2.36. The summed E-state index contributed by atoms with van der Waals surface area (Å²) < 4.78 is 24.4. The highest BCUT2D eigenvalue weighted by atomic mass is 35.5. The van der Waals surface area contributed by atoms with Crippen LogP contribution < -0.4 is 4.90 Å². The van der Waals surface area contributed by atoms with Gasteiger partial charge in [0.15, 0.2) is 9.84 Å². The molecule has 1 aliphatic carbocycles. The number of hydrogen-bond acceptors (Lipinski definition) is 5. The van der Waals surface area contributed by atoms with Gasteiger partial charge in [-0.1, -0.05) is 26.7 Å². The Hall–Kier alpha value is -0.880. The van der Waals surface area contributed by atoms with E-state index in [2.05, 4.69) is 28.7 Å². The fourth-order valence-corrected chi connectivity index (χ4v) is 5.35. The molecule has 1 saturated heterocycles. The van der Waals surface area contributed by atoms with Crippen molar-refractivity contribution in [1.29, 1.82) is 0 Å². The number of nitrogens with zero attached hydrogens (tertiary/aromatic N) is 3. The third-order valence-electron chi connectivity index (χ3n) is 5.61. The highest BCUT2D eigenvalue weighted by Crippen LogP contribution is 2.40. The van der Waals surface area contributed by atoms with E-state index in [1.165, 1.54) is 6.26 Å². The number of rotatable bonds is 2. The molecule has 0 saturated carbocycles. The molecular weight excluding hydrogens is 358 g/mol. The summed E-state index contributed by atoms with van der Waals surface area (Å²) in [6.07, 6.45) is 8.27. The largest absolute Gasteiger partial charge is 0.355 e. The summed E-state index contributed by atoms with van der Waals surface area (Å²) in [6.45, 7) is 5.72. The van der Waals surface area contributed by atoms with Gasteiger partial charge in [-0.2, -0.15) is 0 Å². The maximum atomic E-state index is 12.2. The topological polar surface area (TPSA) is 63.2 Å². The molecule has 0 radical (unpaired) electrons. The van der Waals surface area contributed by atoms with Gasteiger partial charge < -0.3 is 4.90 Å². The van der Waals surface area contributed by atoms with Gasteiger partial charge in [0.25, 0.3) is 0 Å². The Kier molecular flexibility index (Phi) is 5.31. The van der Waals surface area contributed by atoms with E-state index >= 15 is 0 Å². The molecular formula is C18H28ClN3O2S. The van der Waals surface area contributed by atoms with Crippen LogP contribution in [0.3, 0.4) is 0 Å². The van der Waals surface area contributed by atoms with Crippen molar-refractivity contribution >= 4 is 27.3 Å². The second-order valence-corrected chi connectivity index (χ2v) is 10.8. The molecule has 1 aromatic rings. The first-order valence-electron chi connectivity index (χ1n) is 9.19. The van der Waals surface area contributed by atoms with Crippen molar-refractivity contribution in [1.82, 2.24) is 9.97 Å². The quantitative estimate of drug-likeness (QED) is 0.728. The molecule has 140 valence electrons. The fraction of sp³-hybridized carbons (Fsp3) is 0.778. The Balaban J connectivity index is 2.03. The molecule has 0 bridgehead atoms. The van der Waals surface area contributed by atoms with E-state index in [0.29, 0.717) is 6.54 Å². The van der Waals surface area contributed by atoms with Gasteiger partial charge in [-0.25, -0.2) is 18.4 Å². The van der Waals surface area contributed by atoms with Crippen molar-refractivity contribution in [3.8, 4) is 0 Å². The van der Waals surface area contributed by atoms with Crippen LogP contribution in [0.15, 0.2) is 0 Å². The van der Waals surface area contributed by atoms with Crippen molar-refractivity contribution in [3.63, 3.8) is 0 Å². The Morgan fingerprint density at radius 2 is 1.92 bits per heavy atom. The molecule has 0 spiro atoms. The van der Waals surface area contributed by atoms with Crippen LogP contribution in [0, 0.1) is 0 Å². The highest BCUT2D eigenvalue weighted by Gasteiger charge is 2.34. The zero-order valence-electron chi connectivity index (χ0n) is 15.4. The second-order valence-electron chi connectivity index (χ2n) is 8.13. The molecule has 1 aliphatic heterocycles. The first kappa shape index (κ1) is 18.9. The summed E-state index contributed by atoms with van der Waals surface area (Å²) in [6, 6.07) is 0. The molecule has 7 heteroatoms. The summed E-state index contributed by atoms with van der Waals surface area (Å²) in [5, 5.41) is -0.0736. The standard InChI is InChI=1S/C18H28ClN3O2S/c1-18(2)10-7-9-14-15(18)20-17(19)21-16(14)22-11-6-4-5-8-13(12-22)25(3,23)24/h13H,4-12H2,1-3H3. The fourth-order valence-electron chi connectivity index (χ4n) is 4.14. The third-order valence-corrected chi connectivity index (χ3v) is 7.38. The van der Waals surface area contributed by atoms with E-state index in [0.717, 1.165) is 68.6 Å². The number of aromatic nitrogens is 2. The molecule has 0 N–H and O–H groups in total. The van der Waals surface area contributed by atoms with Gasteiger partial charge in [0.1, 0.15) is 5.82 Å². The van der Waals surface area contributed by atoms with Gasteiger partial charge in [-0.3, -0.25) is 0 Å². The van der Waals surface area contributed by atoms with Gasteiger partial charge in [0.2, 0.25) is 5.28 Å². The minimum Gasteiger partial charge on any atom is -0.355 e. The first-order valence-corrected chi connectivity index (χ1v) is 11.5. The van der Waals surface area contributed by atoms with E-state index in [-0.39, 0.29) is 15.9 Å². The number of sulfone groups is 1. The Bertz CT molecular complexity index is 749. The zero-order valence-corrected chi connectivity index (χ0v) is 17.0. The van der Waals surface area contributed by atoms with Gasteiger partial charge in [0.05, 0.1) is 10.9 Å². The summed E-state index contributed by atoms with van der Waals surface area (Å²) >= 11 is 6.26. The van der Waals surface area contributed by atoms with Crippen molar-refractivity contribution < 1.29 is 8.42 Å². The average molecular weight is 386 g/mol. The van der Waals surface area contributed by atoms with E-state index in [9.17, 15) is 8.42 Å². The lowest BCUT2D eigenvalue weighted by Crippen LogP contribution is -2.40. The molecule has 2 heterocycles. The predicted molar refractivity (Wildman–Crippen MR) is 102 cm³/mol. The molecule has 1 atom stereocenters. The molecule has 1 fully saturated rings. The number of hydrogen-bond donors (Lipinski definition) is 0. The van der Waals surface area contributed by atoms with Gasteiger partial charge in [-0.15, -0.1) is 0 Å². The second kappa shape index (κ2) is 7.03. The van der Waals surface area contributed by atoms with E-state index in [1.54, 1.807) is 0 Å². The smallest absolute Gasteiger partial charge is 0.224 e. The SMILES string of the molecule is CC1(C)CCCc2c(N3CCCCCC(S(C)(=O)=O)C3)nc(Cl)nc21. The van der Waals surface area contributed by atoms with Crippen LogP contribution in [0.5, 0.6) is 0 Å². The van der Waals surface area contributed by atoms with Crippen LogP contribution in [0.25, 0.3) is 0 Å². The monoisotopic (exact) mass is 385 g/mol. The van der Waals surface area contributed by atoms with E-state index in [1.807, 2.05) is 0 Å². The highest BCUT2D eigenvalue weighted by molar-refractivity contribution is 7.91. The van der Waals surface area contributed by atoms with Crippen molar-refractivity contribution in [2.45, 2.75) is 69.5 Å². The molecule has 0 aromatic carbocycles. The van der Waals surface area contributed by atoms with Crippen LogP contribution in [0.4, 0.5) is 5.82 Å². The summed E-state index contributed by atoms with van der Waals surface area (Å²) in [7, 11) is -3.08. The minimum atomic E-state index is -3.08. The predicted octanol–water partition coefficient (Wildman–Crippen LogP) is 3.54. The van der Waals surface area contributed by atoms with Crippen molar-refractivity contribution in [2.24, 2.45) is 0 Å². The van der Waals surface area contributed by atoms with Crippen LogP contribution in [-0.2, 0) is 21.7 Å². The number of fused-ring (bicyclic) bond motifs is 1. The van der Waals surface area contributed by atoms with E-state index in [4.69, 9.17) is 11.6 Å². The van der Waals surface area contributed by atoms with E-state index < -0.39 is 9.84 Å². The van der Waals surface area contributed by atoms with Crippen molar-refractivity contribution in [2.75, 3.05) is 24.2 Å². The van der Waals surface area contributed by atoms with Gasteiger partial charge in [0, 0.05) is 30.3 Å². The first-order chi connectivity index (χ1) is 11.7. The molecule has 2 aliphatic rings. The van der Waals surface area contributed by atoms with Crippen LogP contribution in [-0.4, -0.2) is 43.0 Å². The van der Waals surface area contributed by atoms with Crippen LogP contribution >= 0.6 is 11.6 Å². The number of anilines is 1.